The highest BCUT2D eigenvalue weighted by Crippen LogP contribution is 2.25. The van der Waals surface area contributed by atoms with Crippen LogP contribution in [-0.2, 0) is 23.8 Å². The van der Waals surface area contributed by atoms with Crippen LogP contribution in [0.25, 0.3) is 0 Å². The van der Waals surface area contributed by atoms with E-state index in [0.717, 1.165) is 47.4 Å². The van der Waals surface area contributed by atoms with Gasteiger partial charge in [-0.15, -0.1) is 11.6 Å². The number of carbonyl (C=O) groups excluding carboxylic acids is 1. The van der Waals surface area contributed by atoms with Crippen molar-refractivity contribution >= 4 is 65.5 Å². The standard InChI is InChI=1S/C13H18BrNO3.C8H8BrClO.C8H9BrO2.H2/c1-13(2,3)18-12(16)15-8-9-7-10(14)5-6-11(9)17-4;2*1-11-8-3-2-7(9)4-6(8)5-10;/h5-7H,8H2,1-4H3,(H,15,16);2-4H,5H2,1H3;2-4,10H,5H2,1H3;1H/i;;;1+1. The molecule has 0 atom stereocenters. The zero-order chi connectivity index (χ0) is 30.3. The summed E-state index contributed by atoms with van der Waals surface area (Å²) in [6.45, 7) is 5.84. The van der Waals surface area contributed by atoms with Gasteiger partial charge in [0.15, 0.2) is 0 Å². The maximum Gasteiger partial charge on any atom is 0.407 e. The molecule has 0 bridgehead atoms. The van der Waals surface area contributed by atoms with Crippen LogP contribution in [-0.4, -0.2) is 38.1 Å². The Morgan fingerprint density at radius 2 is 1.20 bits per heavy atom. The molecule has 0 aliphatic heterocycles. The minimum absolute atomic E-state index is 0. The number of rotatable bonds is 7. The summed E-state index contributed by atoms with van der Waals surface area (Å²) in [6, 6.07) is 16.9. The molecule has 0 unspecified atom stereocenters. The molecule has 11 heteroatoms. The predicted octanol–water partition coefficient (Wildman–Crippen LogP) is 8.87. The van der Waals surface area contributed by atoms with Crippen LogP contribution in [0.3, 0.4) is 0 Å². The highest BCUT2D eigenvalue weighted by atomic mass is 79.9. The molecule has 0 aromatic heterocycles. The Morgan fingerprint density at radius 3 is 1.60 bits per heavy atom. The van der Waals surface area contributed by atoms with E-state index in [1.54, 1.807) is 21.3 Å². The van der Waals surface area contributed by atoms with Gasteiger partial charge in [0, 0.05) is 38.1 Å². The molecule has 0 aliphatic rings. The first-order valence-corrected chi connectivity index (χ1v) is 14.9. The van der Waals surface area contributed by atoms with Crippen molar-refractivity contribution in [1.29, 1.82) is 0 Å². The number of methoxy groups -OCH3 is 3. The molecule has 2 N–H and O–H groups in total. The van der Waals surface area contributed by atoms with Gasteiger partial charge in [-0.25, -0.2) is 4.79 Å². The summed E-state index contributed by atoms with van der Waals surface area (Å²) < 4.78 is 23.4. The number of aliphatic hydroxyl groups is 1. The first-order chi connectivity index (χ1) is 18.9. The number of amides is 1. The smallest absolute Gasteiger partial charge is 0.407 e. The van der Waals surface area contributed by atoms with Crippen molar-refractivity contribution in [2.75, 3.05) is 21.3 Å². The number of hydrogen-bond donors (Lipinski definition) is 2. The quantitative estimate of drug-likeness (QED) is 0.234. The SMILES string of the molecule is COc1ccc(Br)cc1CCl.COc1ccc(Br)cc1CNC(=O)OC(C)(C)C.COc1ccc(Br)cc1CO.[2HH]. The Labute approximate surface area is 268 Å². The summed E-state index contributed by atoms with van der Waals surface area (Å²) in [5.74, 6) is 2.76. The molecule has 222 valence electrons. The molecule has 40 heavy (non-hydrogen) atoms. The predicted molar refractivity (Wildman–Crippen MR) is 173 cm³/mol. The lowest BCUT2D eigenvalue weighted by Gasteiger charge is -2.20. The average Bonchev–Trinajstić information content (AvgIpc) is 2.91. The third kappa shape index (κ3) is 13.6. The molecule has 3 aromatic carbocycles. The minimum Gasteiger partial charge on any atom is -0.496 e. The van der Waals surface area contributed by atoms with Gasteiger partial charge in [-0.1, -0.05) is 47.8 Å². The highest BCUT2D eigenvalue weighted by Gasteiger charge is 2.16. The van der Waals surface area contributed by atoms with E-state index >= 15 is 0 Å². The Morgan fingerprint density at radius 1 is 0.800 bits per heavy atom. The van der Waals surface area contributed by atoms with Gasteiger partial charge >= 0.3 is 6.09 Å². The number of carbonyl (C=O) groups is 1. The second kappa shape index (κ2) is 18.5. The van der Waals surface area contributed by atoms with E-state index in [4.69, 9.17) is 35.7 Å². The molecule has 7 nitrogen and oxygen atoms in total. The molecule has 0 saturated carbocycles. The van der Waals surface area contributed by atoms with Crippen LogP contribution in [0, 0.1) is 0 Å². The summed E-state index contributed by atoms with van der Waals surface area (Å²) in [5.41, 5.74) is 2.19. The second-order valence-electron chi connectivity index (χ2n) is 9.02. The highest BCUT2D eigenvalue weighted by molar-refractivity contribution is 9.11. The summed E-state index contributed by atoms with van der Waals surface area (Å²) in [6.07, 6.45) is -0.440. The summed E-state index contributed by atoms with van der Waals surface area (Å²) in [7, 11) is 4.82. The number of nitrogens with one attached hydrogen (secondary N) is 1. The number of alkyl halides is 1. The maximum absolute atomic E-state index is 11.5. The van der Waals surface area contributed by atoms with Crippen molar-refractivity contribution in [2.45, 2.75) is 45.4 Å². The van der Waals surface area contributed by atoms with Crippen LogP contribution >= 0.6 is 59.4 Å². The van der Waals surface area contributed by atoms with Crippen LogP contribution in [0.1, 0.15) is 38.9 Å². The summed E-state index contributed by atoms with van der Waals surface area (Å²) >= 11 is 15.7. The first-order valence-electron chi connectivity index (χ1n) is 12.0. The van der Waals surface area contributed by atoms with Gasteiger partial charge < -0.3 is 29.4 Å². The fraction of sp³-hybridized carbons (Fsp3) is 0.345. The second-order valence-corrected chi connectivity index (χ2v) is 12.0. The summed E-state index contributed by atoms with van der Waals surface area (Å²) in [4.78, 5) is 11.5. The number of aliphatic hydroxyl groups excluding tert-OH is 1. The Kier molecular flexibility index (Phi) is 16.6. The van der Waals surface area contributed by atoms with Crippen LogP contribution in [0.2, 0.25) is 0 Å². The topological polar surface area (TPSA) is 86.3 Å². The average molecular weight is 772 g/mol. The molecular weight excluding hydrogens is 733 g/mol. The van der Waals surface area contributed by atoms with E-state index in [2.05, 4.69) is 53.1 Å². The van der Waals surface area contributed by atoms with Crippen molar-refractivity contribution in [1.82, 2.24) is 5.32 Å². The summed E-state index contributed by atoms with van der Waals surface area (Å²) in [5, 5.41) is 11.6. The van der Waals surface area contributed by atoms with Crippen molar-refractivity contribution in [3.05, 3.63) is 84.7 Å². The Balaban J connectivity index is 0.000000606. The van der Waals surface area contributed by atoms with Gasteiger partial charge in [-0.3, -0.25) is 0 Å². The largest absolute Gasteiger partial charge is 0.496 e. The van der Waals surface area contributed by atoms with Gasteiger partial charge in [-0.2, -0.15) is 0 Å². The molecule has 0 saturated heterocycles. The molecular formula is C29H37Br3ClNO6. The molecule has 3 aromatic rings. The number of hydrogen-bond acceptors (Lipinski definition) is 6. The van der Waals surface area contributed by atoms with E-state index < -0.39 is 11.7 Å². The number of benzene rings is 3. The molecule has 0 fully saturated rings. The Bertz CT molecular complexity index is 1170. The van der Waals surface area contributed by atoms with Crippen molar-refractivity contribution in [3.63, 3.8) is 0 Å². The van der Waals surface area contributed by atoms with E-state index in [0.29, 0.717) is 12.4 Å². The van der Waals surface area contributed by atoms with Crippen LogP contribution in [0.5, 0.6) is 17.2 Å². The number of halogens is 4. The lowest BCUT2D eigenvalue weighted by Crippen LogP contribution is -2.32. The Hall–Kier alpha value is -1.98. The number of alkyl carbamates (subject to hydrolysis) is 1. The first kappa shape index (κ1) is 36.0. The van der Waals surface area contributed by atoms with Gasteiger partial charge in [0.2, 0.25) is 0 Å². The van der Waals surface area contributed by atoms with Gasteiger partial charge in [-0.05, 0) is 75.4 Å². The molecule has 0 heterocycles. The third-order valence-corrected chi connectivity index (χ3v) is 6.63. The molecule has 3 rings (SSSR count). The van der Waals surface area contributed by atoms with Gasteiger partial charge in [0.05, 0.1) is 33.8 Å². The van der Waals surface area contributed by atoms with Crippen molar-refractivity contribution < 1.29 is 30.3 Å². The normalized spacial score (nSPS) is 10.3. The van der Waals surface area contributed by atoms with E-state index in [1.165, 1.54) is 0 Å². The van der Waals surface area contributed by atoms with E-state index in [1.807, 2.05) is 75.4 Å². The minimum atomic E-state index is -0.495. The van der Waals surface area contributed by atoms with Crippen molar-refractivity contribution in [2.24, 2.45) is 0 Å². The molecule has 0 radical (unpaired) electrons. The van der Waals surface area contributed by atoms with Crippen LogP contribution in [0.4, 0.5) is 4.79 Å². The van der Waals surface area contributed by atoms with E-state index in [9.17, 15) is 4.79 Å². The lowest BCUT2D eigenvalue weighted by molar-refractivity contribution is 0.0523. The number of ether oxygens (including phenoxy) is 4. The van der Waals surface area contributed by atoms with Crippen molar-refractivity contribution in [3.8, 4) is 17.2 Å². The third-order valence-electron chi connectivity index (χ3n) is 4.86. The van der Waals surface area contributed by atoms with E-state index in [-0.39, 0.29) is 8.03 Å². The lowest BCUT2D eigenvalue weighted by atomic mass is 10.2. The van der Waals surface area contributed by atoms with Gasteiger partial charge in [0.25, 0.3) is 0 Å². The maximum atomic E-state index is 11.5. The molecule has 1 amide bonds. The fourth-order valence-corrected chi connectivity index (χ4v) is 4.52. The van der Waals surface area contributed by atoms with Crippen LogP contribution in [0.15, 0.2) is 68.0 Å². The zero-order valence-electron chi connectivity index (χ0n) is 23.3. The monoisotopic (exact) mass is 768 g/mol. The van der Waals surface area contributed by atoms with Gasteiger partial charge in [0.1, 0.15) is 22.8 Å². The zero-order valence-corrected chi connectivity index (χ0v) is 28.8. The fourth-order valence-electron chi connectivity index (χ4n) is 3.09. The van der Waals surface area contributed by atoms with Crippen LogP contribution < -0.4 is 19.5 Å². The molecule has 0 aliphatic carbocycles. The molecule has 0 spiro atoms.